The van der Waals surface area contributed by atoms with Crippen LogP contribution in [0.5, 0.6) is 0 Å². The van der Waals surface area contributed by atoms with Crippen LogP contribution in [0.1, 0.15) is 31.7 Å². The van der Waals surface area contributed by atoms with E-state index >= 15 is 0 Å². The Morgan fingerprint density at radius 2 is 2.27 bits per heavy atom. The highest BCUT2D eigenvalue weighted by molar-refractivity contribution is 9.10. The van der Waals surface area contributed by atoms with E-state index in [9.17, 15) is 4.39 Å². The first-order chi connectivity index (χ1) is 7.01. The van der Waals surface area contributed by atoms with E-state index in [1.54, 1.807) is 6.07 Å². The van der Waals surface area contributed by atoms with Crippen LogP contribution in [-0.2, 0) is 5.41 Å². The number of hydrogen-bond donors (Lipinski definition) is 0. The van der Waals surface area contributed by atoms with Crippen LogP contribution in [-0.4, -0.2) is 5.38 Å². The molecular weight excluding hydrogens is 278 g/mol. The van der Waals surface area contributed by atoms with Crippen molar-refractivity contribution in [3.8, 4) is 0 Å². The summed E-state index contributed by atoms with van der Waals surface area (Å²) in [5, 5.41) is 0.188. The highest BCUT2D eigenvalue weighted by Crippen LogP contribution is 2.44. The zero-order valence-corrected chi connectivity index (χ0v) is 10.9. The minimum atomic E-state index is -0.119. The molecular formula is C12H13BrClF. The van der Waals surface area contributed by atoms with Crippen LogP contribution in [0.25, 0.3) is 0 Å². The molecule has 0 heterocycles. The molecule has 0 amide bonds. The van der Waals surface area contributed by atoms with E-state index in [2.05, 4.69) is 22.9 Å². The van der Waals surface area contributed by atoms with Gasteiger partial charge >= 0.3 is 0 Å². The van der Waals surface area contributed by atoms with Crippen LogP contribution < -0.4 is 0 Å². The molecule has 1 aromatic rings. The first kappa shape index (κ1) is 11.4. The Bertz CT molecular complexity index is 380. The molecule has 0 nitrogen and oxygen atoms in total. The van der Waals surface area contributed by atoms with Crippen LogP contribution in [0, 0.1) is 5.82 Å². The fraction of sp³-hybridized carbons (Fsp3) is 0.500. The van der Waals surface area contributed by atoms with Gasteiger partial charge in [-0.2, -0.15) is 0 Å². The third-order valence-corrected chi connectivity index (χ3v) is 4.13. The SMILES string of the molecule is CC1(c2cc(Br)ccc2F)CCC(Cl)C1. The van der Waals surface area contributed by atoms with Crippen molar-refractivity contribution < 1.29 is 4.39 Å². The molecule has 1 fully saturated rings. The molecule has 2 atom stereocenters. The Labute approximate surface area is 103 Å². The molecule has 1 aliphatic carbocycles. The van der Waals surface area contributed by atoms with Crippen LogP contribution in [0.3, 0.4) is 0 Å². The molecule has 1 aliphatic rings. The summed E-state index contributed by atoms with van der Waals surface area (Å²) in [7, 11) is 0. The quantitative estimate of drug-likeness (QED) is 0.661. The zero-order valence-electron chi connectivity index (χ0n) is 8.56. The van der Waals surface area contributed by atoms with Gasteiger partial charge in [-0.1, -0.05) is 22.9 Å². The monoisotopic (exact) mass is 290 g/mol. The summed E-state index contributed by atoms with van der Waals surface area (Å²) in [6, 6.07) is 5.13. The molecule has 82 valence electrons. The van der Waals surface area contributed by atoms with Crippen molar-refractivity contribution in [1.29, 1.82) is 0 Å². The second kappa shape index (κ2) is 4.06. The number of alkyl halides is 1. The normalized spacial score (nSPS) is 30.8. The number of rotatable bonds is 1. The third-order valence-electron chi connectivity index (χ3n) is 3.26. The highest BCUT2D eigenvalue weighted by atomic mass is 79.9. The molecule has 15 heavy (non-hydrogen) atoms. The van der Waals surface area contributed by atoms with Gasteiger partial charge in [0, 0.05) is 9.85 Å². The third kappa shape index (κ3) is 2.21. The van der Waals surface area contributed by atoms with Gasteiger partial charge < -0.3 is 0 Å². The van der Waals surface area contributed by atoms with Crippen molar-refractivity contribution in [2.45, 2.75) is 37.0 Å². The number of benzene rings is 1. The first-order valence-corrected chi connectivity index (χ1v) is 6.34. The minimum Gasteiger partial charge on any atom is -0.207 e. The van der Waals surface area contributed by atoms with E-state index in [1.807, 2.05) is 6.07 Å². The molecule has 0 aromatic heterocycles. The predicted molar refractivity (Wildman–Crippen MR) is 64.9 cm³/mol. The largest absolute Gasteiger partial charge is 0.207 e. The zero-order chi connectivity index (χ0) is 11.1. The van der Waals surface area contributed by atoms with E-state index in [0.29, 0.717) is 0 Å². The molecule has 2 rings (SSSR count). The molecule has 0 radical (unpaired) electrons. The maximum absolute atomic E-state index is 13.7. The summed E-state index contributed by atoms with van der Waals surface area (Å²) in [6.07, 6.45) is 2.81. The molecule has 0 N–H and O–H groups in total. The lowest BCUT2D eigenvalue weighted by molar-refractivity contribution is 0.457. The van der Waals surface area contributed by atoms with E-state index in [4.69, 9.17) is 11.6 Å². The molecule has 3 heteroatoms. The van der Waals surface area contributed by atoms with E-state index < -0.39 is 0 Å². The first-order valence-electron chi connectivity index (χ1n) is 5.11. The lowest BCUT2D eigenvalue weighted by Gasteiger charge is -2.25. The molecule has 1 aromatic carbocycles. The van der Waals surface area contributed by atoms with Crippen molar-refractivity contribution in [2.75, 3.05) is 0 Å². The van der Waals surface area contributed by atoms with Gasteiger partial charge in [0.1, 0.15) is 5.82 Å². The molecule has 0 spiro atoms. The van der Waals surface area contributed by atoms with Crippen molar-refractivity contribution >= 4 is 27.5 Å². The predicted octanol–water partition coefficient (Wildman–Crippen LogP) is 4.64. The van der Waals surface area contributed by atoms with Crippen molar-refractivity contribution in [3.63, 3.8) is 0 Å². The molecule has 0 aliphatic heterocycles. The van der Waals surface area contributed by atoms with Gasteiger partial charge in [0.2, 0.25) is 0 Å². The van der Waals surface area contributed by atoms with Crippen LogP contribution >= 0.6 is 27.5 Å². The second-order valence-corrected chi connectivity index (χ2v) is 6.06. The van der Waals surface area contributed by atoms with Crippen LogP contribution in [0.2, 0.25) is 0 Å². The van der Waals surface area contributed by atoms with Crippen LogP contribution in [0.4, 0.5) is 4.39 Å². The van der Waals surface area contributed by atoms with Crippen molar-refractivity contribution in [2.24, 2.45) is 0 Å². The molecule has 0 bridgehead atoms. The Kier molecular flexibility index (Phi) is 3.09. The summed E-state index contributed by atoms with van der Waals surface area (Å²) in [4.78, 5) is 0. The smallest absolute Gasteiger partial charge is 0.127 e. The van der Waals surface area contributed by atoms with Crippen LogP contribution in [0.15, 0.2) is 22.7 Å². The summed E-state index contributed by atoms with van der Waals surface area (Å²) in [5.74, 6) is -0.119. The van der Waals surface area contributed by atoms with Gasteiger partial charge in [0.25, 0.3) is 0 Å². The Balaban J connectivity index is 2.40. The maximum Gasteiger partial charge on any atom is 0.127 e. The summed E-state index contributed by atoms with van der Waals surface area (Å²) in [5.41, 5.74) is 0.695. The Morgan fingerprint density at radius 1 is 1.53 bits per heavy atom. The lowest BCUT2D eigenvalue weighted by Crippen LogP contribution is -2.19. The van der Waals surface area contributed by atoms with Crippen molar-refractivity contribution in [3.05, 3.63) is 34.1 Å². The van der Waals surface area contributed by atoms with Gasteiger partial charge in [-0.25, -0.2) is 4.39 Å². The van der Waals surface area contributed by atoms with Crippen molar-refractivity contribution in [1.82, 2.24) is 0 Å². The summed E-state index contributed by atoms with van der Waals surface area (Å²) >= 11 is 9.49. The highest BCUT2D eigenvalue weighted by Gasteiger charge is 2.37. The average molecular weight is 292 g/mol. The van der Waals surface area contributed by atoms with E-state index in [0.717, 1.165) is 29.3 Å². The fourth-order valence-electron chi connectivity index (χ4n) is 2.37. The second-order valence-electron chi connectivity index (χ2n) is 4.52. The summed E-state index contributed by atoms with van der Waals surface area (Å²) < 4.78 is 14.7. The van der Waals surface area contributed by atoms with Gasteiger partial charge in [0.05, 0.1) is 0 Å². The standard InChI is InChI=1S/C12H13BrClF/c1-12(5-4-9(14)7-12)10-6-8(13)2-3-11(10)15/h2-3,6,9H,4-5,7H2,1H3. The minimum absolute atomic E-state index is 0.0969. The topological polar surface area (TPSA) is 0 Å². The molecule has 0 saturated heterocycles. The van der Waals surface area contributed by atoms with E-state index in [-0.39, 0.29) is 16.6 Å². The number of hydrogen-bond acceptors (Lipinski definition) is 0. The average Bonchev–Trinajstić information content (AvgIpc) is 2.52. The van der Waals surface area contributed by atoms with Gasteiger partial charge in [-0.3, -0.25) is 0 Å². The van der Waals surface area contributed by atoms with Gasteiger partial charge in [-0.05, 0) is 48.4 Å². The van der Waals surface area contributed by atoms with Gasteiger partial charge in [-0.15, -0.1) is 11.6 Å². The Hall–Kier alpha value is -0.0800. The van der Waals surface area contributed by atoms with Gasteiger partial charge in [0.15, 0.2) is 0 Å². The lowest BCUT2D eigenvalue weighted by atomic mass is 9.81. The number of halogens is 3. The fourth-order valence-corrected chi connectivity index (χ4v) is 3.18. The maximum atomic E-state index is 13.7. The van der Waals surface area contributed by atoms with E-state index in [1.165, 1.54) is 6.07 Å². The summed E-state index contributed by atoms with van der Waals surface area (Å²) in [6.45, 7) is 2.10. The molecule has 2 unspecified atom stereocenters. The Morgan fingerprint density at radius 3 is 2.87 bits per heavy atom. The molecule has 1 saturated carbocycles.